The smallest absolute Gasteiger partial charge is 0.255 e. The Balaban J connectivity index is 1.61. The zero-order valence-electron chi connectivity index (χ0n) is 14.1. The molecule has 0 radical (unpaired) electrons. The average molecular weight is 321 g/mol. The first-order valence-electron chi connectivity index (χ1n) is 8.84. The SMILES string of the molecule is CC1N=C2C=CC(C(=O)N3CCCCC3)=CN2C1c1ccccc1. The van der Waals surface area contributed by atoms with Gasteiger partial charge in [0.15, 0.2) is 0 Å². The van der Waals surface area contributed by atoms with Crippen molar-refractivity contribution in [2.24, 2.45) is 4.99 Å². The molecule has 24 heavy (non-hydrogen) atoms. The standard InChI is InChI=1S/C20H23N3O/c1-15-19(16-8-4-2-5-9-16)23-14-17(10-11-18(23)21-15)20(24)22-12-6-3-7-13-22/h2,4-5,8-11,14-15,19H,3,6-7,12-13H2,1H3. The number of benzene rings is 1. The van der Waals surface area contributed by atoms with Crippen molar-refractivity contribution in [3.05, 3.63) is 59.8 Å². The first-order chi connectivity index (χ1) is 11.7. The number of nitrogens with zero attached hydrogens (tertiary/aromatic N) is 3. The van der Waals surface area contributed by atoms with Crippen LogP contribution in [0.15, 0.2) is 59.2 Å². The minimum Gasteiger partial charge on any atom is -0.339 e. The summed E-state index contributed by atoms with van der Waals surface area (Å²) in [6.45, 7) is 3.89. The van der Waals surface area contributed by atoms with Crippen LogP contribution in [0, 0.1) is 0 Å². The van der Waals surface area contributed by atoms with Crippen molar-refractivity contribution in [1.29, 1.82) is 0 Å². The van der Waals surface area contributed by atoms with Crippen molar-refractivity contribution in [3.8, 4) is 0 Å². The molecule has 0 saturated carbocycles. The Hall–Kier alpha value is -2.36. The van der Waals surface area contributed by atoms with Gasteiger partial charge in [-0.05, 0) is 43.9 Å². The van der Waals surface area contributed by atoms with E-state index in [4.69, 9.17) is 4.99 Å². The molecule has 2 atom stereocenters. The van der Waals surface area contributed by atoms with E-state index in [1.807, 2.05) is 29.3 Å². The van der Waals surface area contributed by atoms with E-state index in [9.17, 15) is 4.79 Å². The second-order valence-corrected chi connectivity index (χ2v) is 6.76. The van der Waals surface area contributed by atoms with E-state index >= 15 is 0 Å². The van der Waals surface area contributed by atoms with Gasteiger partial charge >= 0.3 is 0 Å². The molecule has 1 aromatic carbocycles. The number of hydrogen-bond donors (Lipinski definition) is 0. The molecule has 0 bridgehead atoms. The Morgan fingerprint density at radius 1 is 1.08 bits per heavy atom. The summed E-state index contributed by atoms with van der Waals surface area (Å²) in [4.78, 5) is 21.7. The average Bonchev–Trinajstić information content (AvgIpc) is 2.97. The minimum atomic E-state index is 0.149. The van der Waals surface area contributed by atoms with Gasteiger partial charge in [0.1, 0.15) is 5.84 Å². The highest BCUT2D eigenvalue weighted by Gasteiger charge is 2.35. The Bertz CT molecular complexity index is 714. The maximum atomic E-state index is 12.8. The van der Waals surface area contributed by atoms with Crippen molar-refractivity contribution in [2.75, 3.05) is 13.1 Å². The highest BCUT2D eigenvalue weighted by molar-refractivity contribution is 6.04. The van der Waals surface area contributed by atoms with E-state index in [-0.39, 0.29) is 18.0 Å². The van der Waals surface area contributed by atoms with E-state index in [0.29, 0.717) is 0 Å². The van der Waals surface area contributed by atoms with Crippen molar-refractivity contribution < 1.29 is 4.79 Å². The molecule has 1 aromatic rings. The van der Waals surface area contributed by atoms with Gasteiger partial charge in [0, 0.05) is 19.3 Å². The lowest BCUT2D eigenvalue weighted by atomic mass is 10.00. The summed E-state index contributed by atoms with van der Waals surface area (Å²) in [5.74, 6) is 1.10. The molecule has 3 aliphatic rings. The number of aliphatic imine (C=N–C) groups is 1. The lowest BCUT2D eigenvalue weighted by Crippen LogP contribution is -2.38. The van der Waals surface area contributed by atoms with E-state index in [2.05, 4.69) is 36.1 Å². The third kappa shape index (κ3) is 2.66. The highest BCUT2D eigenvalue weighted by atomic mass is 16.2. The molecule has 124 valence electrons. The third-order valence-corrected chi connectivity index (χ3v) is 5.08. The van der Waals surface area contributed by atoms with E-state index in [1.165, 1.54) is 12.0 Å². The van der Waals surface area contributed by atoms with Crippen LogP contribution in [0.2, 0.25) is 0 Å². The predicted octanol–water partition coefficient (Wildman–Crippen LogP) is 3.30. The Labute approximate surface area is 143 Å². The summed E-state index contributed by atoms with van der Waals surface area (Å²) in [7, 11) is 0. The van der Waals surface area contributed by atoms with Crippen LogP contribution in [-0.2, 0) is 4.79 Å². The summed E-state index contributed by atoms with van der Waals surface area (Å²) < 4.78 is 0. The number of carbonyl (C=O) groups excluding carboxylic acids is 1. The summed E-state index contributed by atoms with van der Waals surface area (Å²) in [6.07, 6.45) is 9.36. The van der Waals surface area contributed by atoms with Crippen LogP contribution < -0.4 is 0 Å². The second-order valence-electron chi connectivity index (χ2n) is 6.76. The van der Waals surface area contributed by atoms with Crippen molar-refractivity contribution in [3.63, 3.8) is 0 Å². The summed E-state index contributed by atoms with van der Waals surface area (Å²) >= 11 is 0. The Kier molecular flexibility index (Phi) is 3.97. The van der Waals surface area contributed by atoms with Gasteiger partial charge < -0.3 is 9.80 Å². The molecule has 4 heteroatoms. The molecular weight excluding hydrogens is 298 g/mol. The molecule has 1 saturated heterocycles. The van der Waals surface area contributed by atoms with E-state index < -0.39 is 0 Å². The quantitative estimate of drug-likeness (QED) is 0.838. The van der Waals surface area contributed by atoms with Gasteiger partial charge in [0.05, 0.1) is 17.7 Å². The number of amides is 1. The summed E-state index contributed by atoms with van der Waals surface area (Å²) in [5.41, 5.74) is 2.01. The van der Waals surface area contributed by atoms with Gasteiger partial charge in [-0.15, -0.1) is 0 Å². The van der Waals surface area contributed by atoms with Crippen LogP contribution in [0.3, 0.4) is 0 Å². The second kappa shape index (κ2) is 6.27. The molecule has 4 rings (SSSR count). The lowest BCUT2D eigenvalue weighted by molar-refractivity contribution is -0.127. The molecular formula is C20H23N3O. The molecule has 2 unspecified atom stereocenters. The van der Waals surface area contributed by atoms with Gasteiger partial charge in [-0.25, -0.2) is 0 Å². The minimum absolute atomic E-state index is 0.149. The fraction of sp³-hybridized carbons (Fsp3) is 0.400. The molecule has 4 nitrogen and oxygen atoms in total. The number of rotatable bonds is 2. The van der Waals surface area contributed by atoms with Gasteiger partial charge in [-0.1, -0.05) is 30.3 Å². The summed E-state index contributed by atoms with van der Waals surface area (Å²) in [5, 5.41) is 0. The first-order valence-corrected chi connectivity index (χ1v) is 8.84. The monoisotopic (exact) mass is 321 g/mol. The van der Waals surface area contributed by atoms with Crippen LogP contribution in [0.1, 0.15) is 37.8 Å². The van der Waals surface area contributed by atoms with Crippen LogP contribution in [0.4, 0.5) is 0 Å². The van der Waals surface area contributed by atoms with Crippen LogP contribution in [-0.4, -0.2) is 40.7 Å². The van der Waals surface area contributed by atoms with Crippen LogP contribution >= 0.6 is 0 Å². The number of fused-ring (bicyclic) bond motifs is 1. The predicted molar refractivity (Wildman–Crippen MR) is 95.6 cm³/mol. The number of likely N-dealkylation sites (tertiary alicyclic amines) is 1. The van der Waals surface area contributed by atoms with Crippen LogP contribution in [0.5, 0.6) is 0 Å². The number of carbonyl (C=O) groups is 1. The summed E-state index contributed by atoms with van der Waals surface area (Å²) in [6, 6.07) is 10.8. The topological polar surface area (TPSA) is 35.9 Å². The zero-order chi connectivity index (χ0) is 16.5. The van der Waals surface area contributed by atoms with E-state index in [0.717, 1.165) is 37.3 Å². The normalized spacial score (nSPS) is 26.0. The van der Waals surface area contributed by atoms with E-state index in [1.54, 1.807) is 0 Å². The van der Waals surface area contributed by atoms with Crippen molar-refractivity contribution in [2.45, 2.75) is 38.3 Å². The van der Waals surface area contributed by atoms with Gasteiger partial charge in [-0.2, -0.15) is 0 Å². The molecule has 0 spiro atoms. The molecule has 0 aromatic heterocycles. The third-order valence-electron chi connectivity index (χ3n) is 5.08. The first kappa shape index (κ1) is 15.2. The van der Waals surface area contributed by atoms with Crippen LogP contribution in [0.25, 0.3) is 0 Å². The fourth-order valence-corrected chi connectivity index (χ4v) is 3.85. The number of piperidine rings is 1. The lowest BCUT2D eigenvalue weighted by Gasteiger charge is -2.31. The van der Waals surface area contributed by atoms with Gasteiger partial charge in [0.25, 0.3) is 5.91 Å². The molecule has 1 amide bonds. The Morgan fingerprint density at radius 3 is 2.58 bits per heavy atom. The Morgan fingerprint density at radius 2 is 1.83 bits per heavy atom. The fourth-order valence-electron chi connectivity index (χ4n) is 3.85. The maximum absolute atomic E-state index is 12.8. The number of amidine groups is 1. The van der Waals surface area contributed by atoms with Gasteiger partial charge in [-0.3, -0.25) is 9.79 Å². The molecule has 0 aliphatic carbocycles. The largest absolute Gasteiger partial charge is 0.339 e. The number of hydrogen-bond acceptors (Lipinski definition) is 3. The van der Waals surface area contributed by atoms with Crippen molar-refractivity contribution >= 4 is 11.7 Å². The van der Waals surface area contributed by atoms with Gasteiger partial charge in [0.2, 0.25) is 0 Å². The molecule has 1 fully saturated rings. The zero-order valence-corrected chi connectivity index (χ0v) is 14.1. The highest BCUT2D eigenvalue weighted by Crippen LogP contribution is 2.35. The molecule has 3 heterocycles. The maximum Gasteiger partial charge on any atom is 0.255 e. The van der Waals surface area contributed by atoms with Crippen molar-refractivity contribution in [1.82, 2.24) is 9.80 Å². The molecule has 0 N–H and O–H groups in total. The molecule has 3 aliphatic heterocycles.